The summed E-state index contributed by atoms with van der Waals surface area (Å²) in [6.45, 7) is 16.1. The number of hydrogen-bond acceptors (Lipinski definition) is 9. The van der Waals surface area contributed by atoms with E-state index in [1.807, 2.05) is 13.8 Å². The van der Waals surface area contributed by atoms with Gasteiger partial charge < -0.3 is 20.3 Å². The Morgan fingerprint density at radius 1 is 1.07 bits per heavy atom. The van der Waals surface area contributed by atoms with Gasteiger partial charge in [-0.25, -0.2) is 13.4 Å². The van der Waals surface area contributed by atoms with E-state index in [9.17, 15) is 8.42 Å². The summed E-state index contributed by atoms with van der Waals surface area (Å²) in [7, 11) is -1.97. The first kappa shape index (κ1) is 33.0. The molecule has 2 aromatic heterocycles. The summed E-state index contributed by atoms with van der Waals surface area (Å²) in [5.74, 6) is 1.79. The summed E-state index contributed by atoms with van der Waals surface area (Å²) >= 11 is 6.45. The van der Waals surface area contributed by atoms with Gasteiger partial charge in [-0.1, -0.05) is 25.4 Å². The van der Waals surface area contributed by atoms with Crippen LogP contribution in [0.4, 0.5) is 23.1 Å². The van der Waals surface area contributed by atoms with Crippen LogP contribution < -0.4 is 15.4 Å². The maximum absolute atomic E-state index is 12.9. The number of anilines is 4. The smallest absolute Gasteiger partial charge is 0.229 e. The lowest BCUT2D eigenvalue weighted by Gasteiger charge is -2.36. The third-order valence-electron chi connectivity index (χ3n) is 8.12. The number of aryl methyl sites for hydroxylation is 2. The SMILES string of the molecule is CCN(CC)[C@H]1CC[C@H](c2cc(OC(C)C)c(Nc3ncc(Cl)c(Nc4cn(C)nc4S(=O)(=O)C(C)C)n3)cc2C)CC1. The Balaban J connectivity index is 1.60. The van der Waals surface area contributed by atoms with E-state index in [1.54, 1.807) is 27.1 Å². The third kappa shape index (κ3) is 7.61. The van der Waals surface area contributed by atoms with Gasteiger partial charge >= 0.3 is 0 Å². The number of ether oxygens (including phenoxy) is 1. The number of benzene rings is 1. The van der Waals surface area contributed by atoms with Crippen molar-refractivity contribution in [1.29, 1.82) is 0 Å². The zero-order valence-corrected chi connectivity index (χ0v) is 28.2. The summed E-state index contributed by atoms with van der Waals surface area (Å²) in [6.07, 6.45) is 7.78. The van der Waals surface area contributed by atoms with Crippen LogP contribution in [0, 0.1) is 6.92 Å². The zero-order chi connectivity index (χ0) is 31.5. The summed E-state index contributed by atoms with van der Waals surface area (Å²) < 4.78 is 33.6. The van der Waals surface area contributed by atoms with E-state index < -0.39 is 15.1 Å². The molecule has 236 valence electrons. The molecule has 0 spiro atoms. The number of sulfone groups is 1. The van der Waals surface area contributed by atoms with Gasteiger partial charge in [-0.3, -0.25) is 4.68 Å². The van der Waals surface area contributed by atoms with Crippen molar-refractivity contribution in [2.45, 2.75) is 102 Å². The van der Waals surface area contributed by atoms with Gasteiger partial charge in [-0.15, -0.1) is 0 Å². The topological polar surface area (TPSA) is 114 Å². The van der Waals surface area contributed by atoms with Crippen LogP contribution in [0.5, 0.6) is 5.75 Å². The summed E-state index contributed by atoms with van der Waals surface area (Å²) in [5.41, 5.74) is 3.57. The molecule has 0 aliphatic heterocycles. The normalized spacial score (nSPS) is 17.6. The predicted molar refractivity (Wildman–Crippen MR) is 174 cm³/mol. The zero-order valence-electron chi connectivity index (χ0n) is 26.6. The Morgan fingerprint density at radius 3 is 2.35 bits per heavy atom. The first-order valence-electron chi connectivity index (χ1n) is 15.2. The molecule has 2 N–H and O–H groups in total. The minimum absolute atomic E-state index is 0.0234. The van der Waals surface area contributed by atoms with Crippen molar-refractivity contribution in [3.63, 3.8) is 0 Å². The van der Waals surface area contributed by atoms with Crippen molar-refractivity contribution < 1.29 is 13.2 Å². The molecule has 1 aliphatic carbocycles. The quantitative estimate of drug-likeness (QED) is 0.218. The van der Waals surface area contributed by atoms with Gasteiger partial charge in [0.25, 0.3) is 0 Å². The average Bonchev–Trinajstić information content (AvgIpc) is 3.33. The fourth-order valence-corrected chi connectivity index (χ4v) is 7.07. The molecule has 3 aromatic rings. The highest BCUT2D eigenvalue weighted by Crippen LogP contribution is 2.41. The van der Waals surface area contributed by atoms with Crippen LogP contribution >= 0.6 is 11.6 Å². The Morgan fingerprint density at radius 2 is 1.74 bits per heavy atom. The molecule has 1 saturated carbocycles. The highest BCUT2D eigenvalue weighted by Gasteiger charge is 2.28. The lowest BCUT2D eigenvalue weighted by molar-refractivity contribution is 0.163. The molecule has 12 heteroatoms. The second-order valence-electron chi connectivity index (χ2n) is 11.9. The molecule has 1 aromatic carbocycles. The Bertz CT molecular complexity index is 1510. The van der Waals surface area contributed by atoms with Gasteiger partial charge in [-0.2, -0.15) is 10.1 Å². The lowest BCUT2D eigenvalue weighted by Crippen LogP contribution is -2.37. The van der Waals surface area contributed by atoms with Gasteiger partial charge in [0.15, 0.2) is 5.82 Å². The fraction of sp³-hybridized carbons (Fsp3) is 0.581. The Kier molecular flexibility index (Phi) is 10.6. The van der Waals surface area contributed by atoms with Crippen molar-refractivity contribution in [2.24, 2.45) is 7.05 Å². The van der Waals surface area contributed by atoms with E-state index in [0.717, 1.165) is 37.4 Å². The van der Waals surface area contributed by atoms with Crippen molar-refractivity contribution >= 4 is 44.6 Å². The molecule has 0 unspecified atom stereocenters. The number of rotatable bonds is 12. The maximum Gasteiger partial charge on any atom is 0.229 e. The molecule has 43 heavy (non-hydrogen) atoms. The van der Waals surface area contributed by atoms with Crippen LogP contribution in [0.1, 0.15) is 84.3 Å². The molecule has 4 rings (SSSR count). The molecule has 2 heterocycles. The molecule has 0 saturated heterocycles. The molecule has 0 bridgehead atoms. The van der Waals surface area contributed by atoms with Gasteiger partial charge in [0, 0.05) is 19.3 Å². The first-order chi connectivity index (χ1) is 20.3. The third-order valence-corrected chi connectivity index (χ3v) is 10.5. The van der Waals surface area contributed by atoms with Crippen molar-refractivity contribution in [1.82, 2.24) is 24.6 Å². The number of aromatic nitrogens is 4. The van der Waals surface area contributed by atoms with Crippen LogP contribution in [0.3, 0.4) is 0 Å². The second-order valence-corrected chi connectivity index (χ2v) is 14.7. The summed E-state index contributed by atoms with van der Waals surface area (Å²) in [4.78, 5) is 11.6. The highest BCUT2D eigenvalue weighted by atomic mass is 35.5. The van der Waals surface area contributed by atoms with Crippen molar-refractivity contribution in [2.75, 3.05) is 23.7 Å². The maximum atomic E-state index is 12.9. The van der Waals surface area contributed by atoms with E-state index in [2.05, 4.69) is 63.5 Å². The molecule has 0 atom stereocenters. The van der Waals surface area contributed by atoms with Gasteiger partial charge in [0.2, 0.25) is 20.8 Å². The lowest BCUT2D eigenvalue weighted by atomic mass is 9.79. The largest absolute Gasteiger partial charge is 0.489 e. The highest BCUT2D eigenvalue weighted by molar-refractivity contribution is 7.92. The van der Waals surface area contributed by atoms with Crippen LogP contribution in [-0.4, -0.2) is 63.6 Å². The fourth-order valence-electron chi connectivity index (χ4n) is 5.83. The molecular weight excluding hydrogens is 586 g/mol. The number of nitrogens with one attached hydrogen (secondary N) is 2. The summed E-state index contributed by atoms with van der Waals surface area (Å²) in [6, 6.07) is 4.94. The van der Waals surface area contributed by atoms with E-state index >= 15 is 0 Å². The van der Waals surface area contributed by atoms with E-state index in [0.29, 0.717) is 23.6 Å². The number of hydrogen-bond donors (Lipinski definition) is 2. The molecule has 0 amide bonds. The second kappa shape index (κ2) is 13.8. The standard InChI is InChI=1S/C31H46ClN7O3S/c1-9-39(10-2)23-13-11-22(12-14-23)24-16-28(42-19(3)4)26(15-21(24)7)35-31-33-17-25(32)29(36-31)34-27-18-38(8)37-30(27)43(40,41)20(5)6/h15-20,22-23H,9-14H2,1-8H3,(H2,33,34,35,36)/t22-,23-. The Labute approximate surface area is 261 Å². The van der Waals surface area contributed by atoms with Crippen molar-refractivity contribution in [3.05, 3.63) is 40.7 Å². The number of nitrogens with zero attached hydrogens (tertiary/aromatic N) is 5. The minimum atomic E-state index is -3.64. The summed E-state index contributed by atoms with van der Waals surface area (Å²) in [5, 5.41) is 10.1. The van der Waals surface area contributed by atoms with Crippen LogP contribution in [0.25, 0.3) is 0 Å². The van der Waals surface area contributed by atoms with E-state index in [1.165, 1.54) is 34.8 Å². The minimum Gasteiger partial charge on any atom is -0.489 e. The average molecular weight is 632 g/mol. The molecule has 0 radical (unpaired) electrons. The molecular formula is C31H46ClN7O3S. The van der Waals surface area contributed by atoms with Crippen LogP contribution in [0.15, 0.2) is 29.6 Å². The van der Waals surface area contributed by atoms with Gasteiger partial charge in [-0.05, 0) is 103 Å². The van der Waals surface area contributed by atoms with Gasteiger partial charge in [0.05, 0.1) is 28.9 Å². The van der Waals surface area contributed by atoms with Crippen molar-refractivity contribution in [3.8, 4) is 5.75 Å². The predicted octanol–water partition coefficient (Wildman–Crippen LogP) is 7.00. The van der Waals surface area contributed by atoms with E-state index in [-0.39, 0.29) is 22.0 Å². The molecule has 10 nitrogen and oxygen atoms in total. The number of halogens is 1. The van der Waals surface area contributed by atoms with Crippen LogP contribution in [0.2, 0.25) is 5.02 Å². The molecule has 1 aliphatic rings. The van der Waals surface area contributed by atoms with E-state index in [4.69, 9.17) is 16.3 Å². The first-order valence-corrected chi connectivity index (χ1v) is 17.2. The van der Waals surface area contributed by atoms with Crippen LogP contribution in [-0.2, 0) is 16.9 Å². The van der Waals surface area contributed by atoms with Gasteiger partial charge in [0.1, 0.15) is 10.8 Å². The monoisotopic (exact) mass is 631 g/mol. The molecule has 1 fully saturated rings. The Hall–Kier alpha value is -2.89.